The molecule has 2 atom stereocenters. The van der Waals surface area contributed by atoms with Crippen LogP contribution in [0.2, 0.25) is 0 Å². The van der Waals surface area contributed by atoms with E-state index in [0.717, 1.165) is 22.9 Å². The number of rotatable bonds is 9. The van der Waals surface area contributed by atoms with E-state index >= 15 is 0 Å². The van der Waals surface area contributed by atoms with Crippen LogP contribution in [0.1, 0.15) is 38.8 Å². The maximum atomic E-state index is 12.2. The Bertz CT molecular complexity index is 1360. The van der Waals surface area contributed by atoms with Crippen molar-refractivity contribution < 1.29 is 14.4 Å². The van der Waals surface area contributed by atoms with E-state index in [0.29, 0.717) is 47.7 Å². The van der Waals surface area contributed by atoms with E-state index in [-0.39, 0.29) is 22.7 Å². The molecule has 0 radical (unpaired) electrons. The number of nitro benzene ring substituents is 1. The molecule has 0 saturated carbocycles. The highest BCUT2D eigenvalue weighted by molar-refractivity contribution is 6.16. The largest absolute Gasteiger partial charge is 0.497 e. The molecule has 0 amide bonds. The molecular weight excluding hydrogens is 518 g/mol. The van der Waals surface area contributed by atoms with Crippen molar-refractivity contribution in [1.29, 1.82) is 0 Å². The summed E-state index contributed by atoms with van der Waals surface area (Å²) in [6.07, 6.45) is 0. The van der Waals surface area contributed by atoms with E-state index < -0.39 is 0 Å². The predicted octanol–water partition coefficient (Wildman–Crippen LogP) is 6.19. The van der Waals surface area contributed by atoms with Gasteiger partial charge in [-0.05, 0) is 66.4 Å². The molecule has 0 spiro atoms. The van der Waals surface area contributed by atoms with Gasteiger partial charge in [0.05, 0.1) is 31.2 Å². The van der Waals surface area contributed by atoms with Crippen LogP contribution in [-0.4, -0.2) is 56.0 Å². The molecule has 214 valence electrons. The smallest absolute Gasteiger partial charge is 0.270 e. The fraction of sp³-hybridized carbons (Fsp3) is 0.375. The van der Waals surface area contributed by atoms with Crippen LogP contribution in [0.25, 0.3) is 0 Å². The Morgan fingerprint density at radius 1 is 0.732 bits per heavy atom. The molecule has 0 aromatic heterocycles. The van der Waals surface area contributed by atoms with E-state index in [2.05, 4.69) is 37.5 Å². The first kappa shape index (κ1) is 28.1. The number of non-ortho nitro benzene ring substituents is 1. The minimum absolute atomic E-state index is 0.00764. The van der Waals surface area contributed by atoms with E-state index in [4.69, 9.17) is 19.5 Å². The van der Waals surface area contributed by atoms with Crippen LogP contribution >= 0.6 is 0 Å². The Balaban J connectivity index is 1.61. The van der Waals surface area contributed by atoms with E-state index in [9.17, 15) is 10.1 Å². The summed E-state index contributed by atoms with van der Waals surface area (Å²) in [5, 5.41) is 12.2. The summed E-state index contributed by atoms with van der Waals surface area (Å²) in [7, 11) is 3.28. The first-order chi connectivity index (χ1) is 19.7. The number of hydrogen-bond donors (Lipinski definition) is 0. The number of aliphatic imine (C=N–C) groups is 2. The van der Waals surface area contributed by atoms with Crippen molar-refractivity contribution in [3.8, 4) is 11.5 Å². The van der Waals surface area contributed by atoms with Crippen molar-refractivity contribution in [3.05, 3.63) is 88.0 Å². The number of anilines is 2. The predicted molar refractivity (Wildman–Crippen MR) is 164 cm³/mol. The molecule has 5 rings (SSSR count). The molecular formula is C32H37N5O4. The molecule has 41 heavy (non-hydrogen) atoms. The van der Waals surface area contributed by atoms with Gasteiger partial charge in [0.25, 0.3) is 5.69 Å². The average Bonchev–Trinajstić information content (AvgIpc) is 3.63. The zero-order valence-electron chi connectivity index (χ0n) is 24.4. The molecule has 0 unspecified atom stereocenters. The van der Waals surface area contributed by atoms with Crippen molar-refractivity contribution in [1.82, 2.24) is 0 Å². The number of methoxy groups -OCH3 is 2. The second-order valence-electron chi connectivity index (χ2n) is 11.2. The van der Waals surface area contributed by atoms with E-state index in [1.165, 1.54) is 0 Å². The lowest BCUT2D eigenvalue weighted by Gasteiger charge is -2.24. The first-order valence-electron chi connectivity index (χ1n) is 14.0. The monoisotopic (exact) mass is 555 g/mol. The molecule has 0 fully saturated rings. The lowest BCUT2D eigenvalue weighted by Crippen LogP contribution is -2.32. The van der Waals surface area contributed by atoms with Gasteiger partial charge >= 0.3 is 0 Å². The van der Waals surface area contributed by atoms with Crippen molar-refractivity contribution in [2.75, 3.05) is 37.1 Å². The van der Waals surface area contributed by atoms with Gasteiger partial charge in [0.15, 0.2) is 0 Å². The molecule has 3 aromatic carbocycles. The standard InChI is InChI=1S/C32H37N5O4/c1-20(2)29-18-35(24-7-11-27(40-5)12-8-24)31(33-29)22-15-23(17-26(16-22)37(38)39)32-34-30(21(3)4)19-36(32)25-9-13-28(41-6)14-10-25/h7-17,20-21,29-30H,18-19H2,1-6H3/t29-,30-/m1/s1. The number of nitro groups is 1. The first-order valence-corrected chi connectivity index (χ1v) is 14.0. The molecule has 0 saturated heterocycles. The van der Waals surface area contributed by atoms with Crippen LogP contribution in [0, 0.1) is 22.0 Å². The minimum atomic E-state index is -0.340. The topological polar surface area (TPSA) is 92.8 Å². The highest BCUT2D eigenvalue weighted by Gasteiger charge is 2.33. The normalized spacial score (nSPS) is 18.6. The van der Waals surface area contributed by atoms with Crippen molar-refractivity contribution in [3.63, 3.8) is 0 Å². The summed E-state index contributed by atoms with van der Waals surface area (Å²) in [6.45, 7) is 9.96. The maximum Gasteiger partial charge on any atom is 0.270 e. The number of hydrogen-bond acceptors (Lipinski definition) is 8. The lowest BCUT2D eigenvalue weighted by atomic mass is 10.1. The van der Waals surface area contributed by atoms with E-state index in [1.807, 2.05) is 54.6 Å². The fourth-order valence-corrected chi connectivity index (χ4v) is 5.22. The fourth-order valence-electron chi connectivity index (χ4n) is 5.22. The van der Waals surface area contributed by atoms with Gasteiger partial charge in [-0.25, -0.2) is 0 Å². The van der Waals surface area contributed by atoms with Crippen molar-refractivity contribution in [2.24, 2.45) is 21.8 Å². The Morgan fingerprint density at radius 3 is 1.44 bits per heavy atom. The highest BCUT2D eigenvalue weighted by atomic mass is 16.6. The van der Waals surface area contributed by atoms with Crippen LogP contribution < -0.4 is 19.3 Å². The highest BCUT2D eigenvalue weighted by Crippen LogP contribution is 2.33. The number of amidine groups is 2. The van der Waals surface area contributed by atoms with Crippen molar-refractivity contribution in [2.45, 2.75) is 39.8 Å². The third-order valence-electron chi connectivity index (χ3n) is 7.78. The molecule has 0 bridgehead atoms. The Labute approximate surface area is 241 Å². The minimum Gasteiger partial charge on any atom is -0.497 e. The van der Waals surface area contributed by atoms with Crippen LogP contribution in [0.3, 0.4) is 0 Å². The van der Waals surface area contributed by atoms with Gasteiger partial charge < -0.3 is 19.3 Å². The van der Waals surface area contributed by atoms with Gasteiger partial charge in [-0.1, -0.05) is 27.7 Å². The molecule has 3 aromatic rings. The third-order valence-corrected chi connectivity index (χ3v) is 7.78. The van der Waals surface area contributed by atoms with Gasteiger partial charge in [0.2, 0.25) is 0 Å². The summed E-state index contributed by atoms with van der Waals surface area (Å²) in [5.41, 5.74) is 3.31. The van der Waals surface area contributed by atoms with Crippen LogP contribution in [0.5, 0.6) is 11.5 Å². The zero-order chi connectivity index (χ0) is 29.3. The van der Waals surface area contributed by atoms with Gasteiger partial charge in [0, 0.05) is 47.7 Å². The van der Waals surface area contributed by atoms with Crippen LogP contribution in [-0.2, 0) is 0 Å². The molecule has 9 nitrogen and oxygen atoms in total. The quantitative estimate of drug-likeness (QED) is 0.231. The Kier molecular flexibility index (Phi) is 7.97. The number of benzene rings is 3. The third kappa shape index (κ3) is 5.75. The van der Waals surface area contributed by atoms with Crippen LogP contribution in [0.15, 0.2) is 76.7 Å². The Hall–Kier alpha value is -4.40. The SMILES string of the molecule is COc1ccc(N2C[C@H](C(C)C)N=C2c2cc(C3=N[C@@H](C(C)C)CN3c3ccc(OC)cc3)cc([N+](=O)[O-])c2)cc1. The molecule has 2 heterocycles. The van der Waals surface area contributed by atoms with Crippen molar-refractivity contribution >= 4 is 28.7 Å². The van der Waals surface area contributed by atoms with Gasteiger partial charge in [-0.3, -0.25) is 20.1 Å². The molecule has 2 aliphatic rings. The second-order valence-corrected chi connectivity index (χ2v) is 11.2. The summed E-state index contributed by atoms with van der Waals surface area (Å²) < 4.78 is 10.7. The Morgan fingerprint density at radius 2 is 1.12 bits per heavy atom. The van der Waals surface area contributed by atoms with Gasteiger partial charge in [-0.15, -0.1) is 0 Å². The van der Waals surface area contributed by atoms with Gasteiger partial charge in [0.1, 0.15) is 23.2 Å². The zero-order valence-corrected chi connectivity index (χ0v) is 24.4. The molecule has 0 aliphatic carbocycles. The summed E-state index contributed by atoms with van der Waals surface area (Å²) in [6, 6.07) is 21.0. The van der Waals surface area contributed by atoms with E-state index in [1.54, 1.807) is 26.4 Å². The second kappa shape index (κ2) is 11.6. The lowest BCUT2D eigenvalue weighted by molar-refractivity contribution is -0.384. The van der Waals surface area contributed by atoms with Crippen LogP contribution in [0.4, 0.5) is 17.1 Å². The summed E-state index contributed by atoms with van der Waals surface area (Å²) >= 11 is 0. The summed E-state index contributed by atoms with van der Waals surface area (Å²) in [4.78, 5) is 26.3. The average molecular weight is 556 g/mol. The van der Waals surface area contributed by atoms with Gasteiger partial charge in [-0.2, -0.15) is 0 Å². The maximum absolute atomic E-state index is 12.2. The number of ether oxygens (including phenoxy) is 2. The molecule has 2 aliphatic heterocycles. The molecule has 0 N–H and O–H groups in total. The summed E-state index contributed by atoms with van der Waals surface area (Å²) in [5.74, 6) is 3.58. The number of nitrogens with zero attached hydrogens (tertiary/aromatic N) is 5. The molecule has 9 heteroatoms.